The lowest BCUT2D eigenvalue weighted by Gasteiger charge is -2.43. The molecule has 0 aliphatic heterocycles. The summed E-state index contributed by atoms with van der Waals surface area (Å²) in [6.45, 7) is 5.56. The summed E-state index contributed by atoms with van der Waals surface area (Å²) >= 11 is 0. The molecule has 3 heteroatoms. The molecule has 0 radical (unpaired) electrons. The quantitative estimate of drug-likeness (QED) is 0.749. The van der Waals surface area contributed by atoms with Gasteiger partial charge in [0, 0.05) is 25.0 Å². The molecule has 1 N–H and O–H groups in total. The van der Waals surface area contributed by atoms with Gasteiger partial charge in [0.2, 0.25) is 0 Å². The van der Waals surface area contributed by atoms with Gasteiger partial charge in [0.1, 0.15) is 0 Å². The molecule has 2 unspecified atom stereocenters. The van der Waals surface area contributed by atoms with Gasteiger partial charge in [-0.2, -0.15) is 0 Å². The lowest BCUT2D eigenvalue weighted by atomic mass is 9.78. The Balaban J connectivity index is 1.77. The fourth-order valence-corrected chi connectivity index (χ4v) is 2.73. The summed E-state index contributed by atoms with van der Waals surface area (Å²) in [5, 5.41) is 3.55. The highest BCUT2D eigenvalue weighted by atomic mass is 15.1. The van der Waals surface area contributed by atoms with Crippen molar-refractivity contribution in [2.45, 2.75) is 38.8 Å². The van der Waals surface area contributed by atoms with Gasteiger partial charge >= 0.3 is 0 Å². The molecule has 1 saturated carbocycles. The molecule has 0 aromatic carbocycles. The Morgan fingerprint density at radius 3 is 2.94 bits per heavy atom. The predicted molar refractivity (Wildman–Crippen MR) is 75.4 cm³/mol. The number of hydrogen-bond donors (Lipinski definition) is 1. The van der Waals surface area contributed by atoms with Gasteiger partial charge in [-0.15, -0.1) is 0 Å². The van der Waals surface area contributed by atoms with Crippen LogP contribution in [0.3, 0.4) is 0 Å². The molecular formula is C15H25N3. The van der Waals surface area contributed by atoms with E-state index < -0.39 is 0 Å². The van der Waals surface area contributed by atoms with Crippen molar-refractivity contribution in [3.63, 3.8) is 0 Å². The number of nitrogens with one attached hydrogen (secondary N) is 1. The van der Waals surface area contributed by atoms with Crippen molar-refractivity contribution in [3.05, 3.63) is 30.1 Å². The fourth-order valence-electron chi connectivity index (χ4n) is 2.73. The van der Waals surface area contributed by atoms with E-state index in [2.05, 4.69) is 35.2 Å². The van der Waals surface area contributed by atoms with Crippen molar-refractivity contribution < 1.29 is 0 Å². The standard InChI is InChI=1S/C15H25N3/c1-3-8-16-11-14-6-7-15(14)18(2)12-13-5-4-9-17-10-13/h4-5,9-10,14-16H,3,6-8,11-12H2,1-2H3. The molecule has 1 heterocycles. The summed E-state index contributed by atoms with van der Waals surface area (Å²) < 4.78 is 0. The summed E-state index contributed by atoms with van der Waals surface area (Å²) in [4.78, 5) is 6.67. The second-order valence-corrected chi connectivity index (χ2v) is 5.39. The first kappa shape index (κ1) is 13.5. The highest BCUT2D eigenvalue weighted by molar-refractivity contribution is 5.08. The van der Waals surface area contributed by atoms with E-state index >= 15 is 0 Å². The number of hydrogen-bond acceptors (Lipinski definition) is 3. The minimum atomic E-state index is 0.745. The van der Waals surface area contributed by atoms with Crippen LogP contribution < -0.4 is 5.32 Å². The Hall–Kier alpha value is -0.930. The molecule has 1 fully saturated rings. The van der Waals surface area contributed by atoms with Crippen LogP contribution in [0.2, 0.25) is 0 Å². The summed E-state index contributed by atoms with van der Waals surface area (Å²) in [5.41, 5.74) is 1.31. The van der Waals surface area contributed by atoms with Crippen molar-refractivity contribution in [2.75, 3.05) is 20.1 Å². The van der Waals surface area contributed by atoms with Gasteiger partial charge in [0.15, 0.2) is 0 Å². The maximum Gasteiger partial charge on any atom is 0.0312 e. The van der Waals surface area contributed by atoms with Crippen LogP contribution in [0.5, 0.6) is 0 Å². The van der Waals surface area contributed by atoms with Crippen molar-refractivity contribution in [1.29, 1.82) is 0 Å². The Labute approximate surface area is 111 Å². The van der Waals surface area contributed by atoms with Gasteiger partial charge in [-0.05, 0) is 56.9 Å². The molecule has 0 amide bonds. The Morgan fingerprint density at radius 2 is 2.33 bits per heavy atom. The van der Waals surface area contributed by atoms with E-state index in [1.54, 1.807) is 0 Å². The molecule has 18 heavy (non-hydrogen) atoms. The molecule has 2 rings (SSSR count). The number of aromatic nitrogens is 1. The third-order valence-corrected chi connectivity index (χ3v) is 3.93. The molecule has 0 bridgehead atoms. The summed E-state index contributed by atoms with van der Waals surface area (Å²) in [7, 11) is 2.24. The van der Waals surface area contributed by atoms with E-state index in [-0.39, 0.29) is 0 Å². The maximum atomic E-state index is 4.18. The first-order valence-electron chi connectivity index (χ1n) is 7.11. The molecule has 0 saturated heterocycles. The zero-order valence-electron chi connectivity index (χ0n) is 11.6. The predicted octanol–water partition coefficient (Wildman–Crippen LogP) is 2.29. The van der Waals surface area contributed by atoms with Gasteiger partial charge in [-0.25, -0.2) is 0 Å². The molecule has 100 valence electrons. The first-order valence-corrected chi connectivity index (χ1v) is 7.11. The largest absolute Gasteiger partial charge is 0.316 e. The highest BCUT2D eigenvalue weighted by Gasteiger charge is 2.33. The molecular weight excluding hydrogens is 222 g/mol. The number of pyridine rings is 1. The summed E-state index contributed by atoms with van der Waals surface area (Å²) in [5.74, 6) is 0.832. The highest BCUT2D eigenvalue weighted by Crippen LogP contribution is 2.31. The molecule has 0 spiro atoms. The second-order valence-electron chi connectivity index (χ2n) is 5.39. The van der Waals surface area contributed by atoms with Crippen LogP contribution in [0.15, 0.2) is 24.5 Å². The van der Waals surface area contributed by atoms with Crippen LogP contribution in [0.4, 0.5) is 0 Å². The van der Waals surface area contributed by atoms with E-state index in [1.807, 2.05) is 18.5 Å². The van der Waals surface area contributed by atoms with Crippen molar-refractivity contribution in [2.24, 2.45) is 5.92 Å². The molecule has 2 atom stereocenters. The topological polar surface area (TPSA) is 28.2 Å². The maximum absolute atomic E-state index is 4.18. The first-order chi connectivity index (χ1) is 8.81. The third kappa shape index (κ3) is 3.53. The second kappa shape index (κ2) is 6.86. The number of nitrogens with zero attached hydrogens (tertiary/aromatic N) is 2. The number of rotatable bonds is 7. The lowest BCUT2D eigenvalue weighted by molar-refractivity contribution is 0.0781. The summed E-state index contributed by atoms with van der Waals surface area (Å²) in [6, 6.07) is 4.92. The van der Waals surface area contributed by atoms with Crippen LogP contribution in [0, 0.1) is 5.92 Å². The normalized spacial score (nSPS) is 23.1. The SMILES string of the molecule is CCCNCC1CCC1N(C)Cc1cccnc1. The Morgan fingerprint density at radius 1 is 1.44 bits per heavy atom. The van der Waals surface area contributed by atoms with E-state index in [0.717, 1.165) is 25.0 Å². The molecule has 1 aliphatic rings. The fraction of sp³-hybridized carbons (Fsp3) is 0.667. The molecule has 1 aromatic heterocycles. The van der Waals surface area contributed by atoms with Gasteiger partial charge < -0.3 is 5.32 Å². The average molecular weight is 247 g/mol. The van der Waals surface area contributed by atoms with E-state index in [0.29, 0.717) is 0 Å². The van der Waals surface area contributed by atoms with Crippen LogP contribution in [0.1, 0.15) is 31.7 Å². The zero-order valence-corrected chi connectivity index (χ0v) is 11.6. The zero-order chi connectivity index (χ0) is 12.8. The van der Waals surface area contributed by atoms with Crippen LogP contribution in [-0.2, 0) is 6.54 Å². The van der Waals surface area contributed by atoms with Crippen molar-refractivity contribution in [1.82, 2.24) is 15.2 Å². The van der Waals surface area contributed by atoms with Crippen LogP contribution in [-0.4, -0.2) is 36.1 Å². The van der Waals surface area contributed by atoms with Gasteiger partial charge in [0.05, 0.1) is 0 Å². The van der Waals surface area contributed by atoms with Gasteiger partial charge in [-0.3, -0.25) is 9.88 Å². The van der Waals surface area contributed by atoms with Gasteiger partial charge in [0.25, 0.3) is 0 Å². The average Bonchev–Trinajstić information content (AvgIpc) is 2.34. The van der Waals surface area contributed by atoms with Crippen LogP contribution >= 0.6 is 0 Å². The van der Waals surface area contributed by atoms with E-state index in [9.17, 15) is 0 Å². The smallest absolute Gasteiger partial charge is 0.0312 e. The molecule has 1 aliphatic carbocycles. The van der Waals surface area contributed by atoms with E-state index in [4.69, 9.17) is 0 Å². The van der Waals surface area contributed by atoms with Gasteiger partial charge in [-0.1, -0.05) is 13.0 Å². The Kier molecular flexibility index (Phi) is 5.14. The Bertz CT molecular complexity index is 339. The lowest BCUT2D eigenvalue weighted by Crippen LogP contribution is -2.48. The van der Waals surface area contributed by atoms with Crippen molar-refractivity contribution in [3.8, 4) is 0 Å². The summed E-state index contributed by atoms with van der Waals surface area (Å²) in [6.07, 6.45) is 7.75. The molecule has 3 nitrogen and oxygen atoms in total. The van der Waals surface area contributed by atoms with Crippen molar-refractivity contribution >= 4 is 0 Å². The minimum Gasteiger partial charge on any atom is -0.316 e. The minimum absolute atomic E-state index is 0.745. The third-order valence-electron chi connectivity index (χ3n) is 3.93. The van der Waals surface area contributed by atoms with Crippen LogP contribution in [0.25, 0.3) is 0 Å². The monoisotopic (exact) mass is 247 g/mol. The molecule has 1 aromatic rings. The van der Waals surface area contributed by atoms with E-state index in [1.165, 1.54) is 31.4 Å².